The maximum atomic E-state index is 12.1. The molecule has 0 fully saturated rings. The molecule has 0 bridgehead atoms. The number of aliphatic carboxylic acids is 1. The summed E-state index contributed by atoms with van der Waals surface area (Å²) in [6, 6.07) is 13.1. The van der Waals surface area contributed by atoms with Crippen LogP contribution in [0.15, 0.2) is 47.4 Å². The SMILES string of the molecule is CC(C)(C)OCCC(NC(=O)CSc1ccc2ccccc2c1)C(=O)O. The molecule has 0 heterocycles. The summed E-state index contributed by atoms with van der Waals surface area (Å²) in [4.78, 5) is 24.4. The number of carbonyl (C=O) groups excluding carboxylic acids is 1. The number of amides is 1. The third-order valence-electron chi connectivity index (χ3n) is 3.67. The van der Waals surface area contributed by atoms with Crippen LogP contribution in [-0.4, -0.2) is 41.0 Å². The second-order valence-electron chi connectivity index (χ2n) is 7.01. The number of carbonyl (C=O) groups is 2. The smallest absolute Gasteiger partial charge is 0.326 e. The Hall–Kier alpha value is -2.05. The van der Waals surface area contributed by atoms with Crippen molar-refractivity contribution in [2.75, 3.05) is 12.4 Å². The van der Waals surface area contributed by atoms with Crippen LogP contribution < -0.4 is 5.32 Å². The van der Waals surface area contributed by atoms with E-state index in [1.165, 1.54) is 11.8 Å². The lowest BCUT2D eigenvalue weighted by Gasteiger charge is -2.21. The topological polar surface area (TPSA) is 75.6 Å². The van der Waals surface area contributed by atoms with Crippen molar-refractivity contribution in [2.45, 2.75) is 43.7 Å². The molecule has 140 valence electrons. The van der Waals surface area contributed by atoms with E-state index >= 15 is 0 Å². The Balaban J connectivity index is 1.85. The number of nitrogens with one attached hydrogen (secondary N) is 1. The van der Waals surface area contributed by atoms with Crippen LogP contribution in [0.5, 0.6) is 0 Å². The van der Waals surface area contributed by atoms with Gasteiger partial charge in [-0.25, -0.2) is 4.79 Å². The normalized spacial score (nSPS) is 12.7. The molecule has 0 aliphatic rings. The molecule has 2 aromatic rings. The second kappa shape index (κ2) is 9.05. The predicted molar refractivity (Wildman–Crippen MR) is 105 cm³/mol. The van der Waals surface area contributed by atoms with E-state index in [4.69, 9.17) is 4.74 Å². The summed E-state index contributed by atoms with van der Waals surface area (Å²) in [7, 11) is 0. The van der Waals surface area contributed by atoms with Gasteiger partial charge in [0.05, 0.1) is 11.4 Å². The molecule has 6 heteroatoms. The molecular formula is C20H25NO4S. The van der Waals surface area contributed by atoms with Crippen molar-refractivity contribution in [1.82, 2.24) is 5.32 Å². The zero-order valence-corrected chi connectivity index (χ0v) is 16.1. The van der Waals surface area contributed by atoms with Crippen LogP contribution >= 0.6 is 11.8 Å². The molecule has 1 atom stereocenters. The number of carboxylic acids is 1. The van der Waals surface area contributed by atoms with E-state index in [2.05, 4.69) is 5.32 Å². The quantitative estimate of drug-likeness (QED) is 0.688. The van der Waals surface area contributed by atoms with Gasteiger partial charge >= 0.3 is 5.97 Å². The first-order valence-corrected chi connectivity index (χ1v) is 9.51. The number of ether oxygens (including phenoxy) is 1. The van der Waals surface area contributed by atoms with Crippen LogP contribution in [0.2, 0.25) is 0 Å². The average Bonchev–Trinajstić information content (AvgIpc) is 2.57. The van der Waals surface area contributed by atoms with E-state index in [-0.39, 0.29) is 30.3 Å². The van der Waals surface area contributed by atoms with E-state index in [1.54, 1.807) is 0 Å². The maximum absolute atomic E-state index is 12.1. The molecule has 1 unspecified atom stereocenters. The Labute approximate surface area is 158 Å². The van der Waals surface area contributed by atoms with Crippen molar-refractivity contribution in [2.24, 2.45) is 0 Å². The highest BCUT2D eigenvalue weighted by atomic mass is 32.2. The summed E-state index contributed by atoms with van der Waals surface area (Å²) in [5.74, 6) is -1.18. The lowest BCUT2D eigenvalue weighted by atomic mass is 10.1. The Morgan fingerprint density at radius 3 is 2.50 bits per heavy atom. The molecule has 0 aromatic heterocycles. The van der Waals surface area contributed by atoms with E-state index in [0.717, 1.165) is 15.7 Å². The maximum Gasteiger partial charge on any atom is 0.326 e. The number of hydrogen-bond acceptors (Lipinski definition) is 4. The summed E-state index contributed by atoms with van der Waals surface area (Å²) in [5, 5.41) is 14.1. The summed E-state index contributed by atoms with van der Waals surface area (Å²) < 4.78 is 5.54. The van der Waals surface area contributed by atoms with Gasteiger partial charge in [0.1, 0.15) is 6.04 Å². The van der Waals surface area contributed by atoms with Crippen molar-refractivity contribution >= 4 is 34.4 Å². The van der Waals surface area contributed by atoms with Gasteiger partial charge in [0.2, 0.25) is 5.91 Å². The van der Waals surface area contributed by atoms with Crippen LogP contribution in [0, 0.1) is 0 Å². The Morgan fingerprint density at radius 1 is 1.15 bits per heavy atom. The highest BCUT2D eigenvalue weighted by Gasteiger charge is 2.21. The first-order chi connectivity index (χ1) is 12.2. The molecule has 5 nitrogen and oxygen atoms in total. The minimum Gasteiger partial charge on any atom is -0.480 e. The van der Waals surface area contributed by atoms with Gasteiger partial charge in [-0.15, -0.1) is 11.8 Å². The monoisotopic (exact) mass is 375 g/mol. The molecular weight excluding hydrogens is 350 g/mol. The van der Waals surface area contributed by atoms with Crippen LogP contribution in [-0.2, 0) is 14.3 Å². The van der Waals surface area contributed by atoms with Gasteiger partial charge in [-0.05, 0) is 43.7 Å². The standard InChI is InChI=1S/C20H25NO4S/c1-20(2,3)25-11-10-17(19(23)24)21-18(22)13-26-16-9-8-14-6-4-5-7-15(14)12-16/h4-9,12,17H,10-11,13H2,1-3H3,(H,21,22)(H,23,24). The largest absolute Gasteiger partial charge is 0.480 e. The van der Waals surface area contributed by atoms with Gasteiger partial charge in [0.25, 0.3) is 0 Å². The van der Waals surface area contributed by atoms with Crippen LogP contribution in [0.4, 0.5) is 0 Å². The molecule has 2 N–H and O–H groups in total. The number of thioether (sulfide) groups is 1. The molecule has 0 aliphatic heterocycles. The molecule has 2 aromatic carbocycles. The number of benzene rings is 2. The van der Waals surface area contributed by atoms with Crippen molar-refractivity contribution in [3.8, 4) is 0 Å². The fraction of sp³-hybridized carbons (Fsp3) is 0.400. The van der Waals surface area contributed by atoms with Crippen LogP contribution in [0.3, 0.4) is 0 Å². The second-order valence-corrected chi connectivity index (χ2v) is 8.05. The first kappa shape index (κ1) is 20.3. The minimum absolute atomic E-state index is 0.169. The molecule has 1 amide bonds. The van der Waals surface area contributed by atoms with Gasteiger partial charge in [0.15, 0.2) is 0 Å². The first-order valence-electron chi connectivity index (χ1n) is 8.52. The van der Waals surface area contributed by atoms with E-state index < -0.39 is 12.0 Å². The Bertz CT molecular complexity index is 770. The third kappa shape index (κ3) is 6.69. The van der Waals surface area contributed by atoms with E-state index in [1.807, 2.05) is 63.2 Å². The minimum atomic E-state index is -1.05. The zero-order valence-electron chi connectivity index (χ0n) is 15.3. The average molecular weight is 375 g/mol. The summed E-state index contributed by atoms with van der Waals surface area (Å²) in [6.45, 7) is 5.99. The highest BCUT2D eigenvalue weighted by Crippen LogP contribution is 2.23. The molecule has 0 spiro atoms. The third-order valence-corrected chi connectivity index (χ3v) is 4.66. The van der Waals surface area contributed by atoms with Crippen molar-refractivity contribution in [3.63, 3.8) is 0 Å². The number of fused-ring (bicyclic) bond motifs is 1. The Morgan fingerprint density at radius 2 is 1.85 bits per heavy atom. The summed E-state index contributed by atoms with van der Waals surface area (Å²) >= 11 is 1.39. The number of carboxylic acid groups (broad SMARTS) is 1. The van der Waals surface area contributed by atoms with Gasteiger partial charge in [0, 0.05) is 17.9 Å². The molecule has 26 heavy (non-hydrogen) atoms. The van der Waals surface area contributed by atoms with Crippen molar-refractivity contribution < 1.29 is 19.4 Å². The summed E-state index contributed by atoms with van der Waals surface area (Å²) in [6.07, 6.45) is 0.235. The lowest BCUT2D eigenvalue weighted by molar-refractivity contribution is -0.142. The fourth-order valence-corrected chi connectivity index (χ4v) is 3.14. The van der Waals surface area contributed by atoms with Crippen molar-refractivity contribution in [3.05, 3.63) is 42.5 Å². The zero-order chi connectivity index (χ0) is 19.2. The van der Waals surface area contributed by atoms with Crippen molar-refractivity contribution in [1.29, 1.82) is 0 Å². The fourth-order valence-electron chi connectivity index (χ4n) is 2.38. The van der Waals surface area contributed by atoms with E-state index in [0.29, 0.717) is 0 Å². The van der Waals surface area contributed by atoms with E-state index in [9.17, 15) is 14.7 Å². The molecule has 0 aliphatic carbocycles. The van der Waals surface area contributed by atoms with Crippen LogP contribution in [0.1, 0.15) is 27.2 Å². The van der Waals surface area contributed by atoms with Crippen LogP contribution in [0.25, 0.3) is 10.8 Å². The van der Waals surface area contributed by atoms with Gasteiger partial charge in [-0.3, -0.25) is 4.79 Å². The van der Waals surface area contributed by atoms with Gasteiger partial charge in [-0.1, -0.05) is 30.3 Å². The molecule has 0 radical (unpaired) electrons. The molecule has 0 saturated heterocycles. The summed E-state index contributed by atoms with van der Waals surface area (Å²) in [5.41, 5.74) is -0.334. The number of hydrogen-bond donors (Lipinski definition) is 2. The van der Waals surface area contributed by atoms with Gasteiger partial charge in [-0.2, -0.15) is 0 Å². The molecule has 2 rings (SSSR count). The highest BCUT2D eigenvalue weighted by molar-refractivity contribution is 8.00. The van der Waals surface area contributed by atoms with Gasteiger partial charge < -0.3 is 15.2 Å². The molecule has 0 saturated carbocycles. The Kier molecular flexibility index (Phi) is 7.06. The lowest BCUT2D eigenvalue weighted by Crippen LogP contribution is -2.42. The number of rotatable bonds is 8. The predicted octanol–water partition coefficient (Wildman–Crippen LogP) is 3.71.